The number of rotatable bonds is 10. The van der Waals surface area contributed by atoms with Crippen LogP contribution in [0.4, 0.5) is 32.3 Å². The maximum atomic E-state index is 13.3. The molecule has 0 spiro atoms. The van der Waals surface area contributed by atoms with Crippen LogP contribution in [0.2, 0.25) is 0 Å². The van der Waals surface area contributed by atoms with Crippen molar-refractivity contribution in [3.63, 3.8) is 0 Å². The van der Waals surface area contributed by atoms with Crippen molar-refractivity contribution in [2.45, 2.75) is 13.3 Å². The molecule has 4 amide bonds. The number of nitro benzene ring substituents is 1. The van der Waals surface area contributed by atoms with Gasteiger partial charge in [-0.25, -0.2) is 9.59 Å². The topological polar surface area (TPSA) is 126 Å². The third-order valence-electron chi connectivity index (χ3n) is 5.82. The van der Waals surface area contributed by atoms with E-state index in [9.17, 15) is 19.7 Å². The summed E-state index contributed by atoms with van der Waals surface area (Å²) >= 11 is 0. The zero-order chi connectivity index (χ0) is 28.3. The number of carbonyl (C=O) groups excluding carboxylic acids is 2. The summed E-state index contributed by atoms with van der Waals surface area (Å²) in [5, 5.41) is 19.3. The molecule has 204 valence electrons. The van der Waals surface area contributed by atoms with Gasteiger partial charge in [0.1, 0.15) is 11.5 Å². The van der Waals surface area contributed by atoms with E-state index < -0.39 is 11.0 Å². The Hall–Kier alpha value is -5.38. The minimum Gasteiger partial charge on any atom is -0.457 e. The number of nitrogens with zero attached hydrogens (tertiary/aromatic N) is 2. The van der Waals surface area contributed by atoms with Crippen LogP contribution in [0.3, 0.4) is 0 Å². The largest absolute Gasteiger partial charge is 0.457 e. The quantitative estimate of drug-likeness (QED) is 0.114. The summed E-state index contributed by atoms with van der Waals surface area (Å²) in [5.74, 6) is 1.30. The normalized spacial score (nSPS) is 10.3. The van der Waals surface area contributed by atoms with Crippen molar-refractivity contribution in [3.8, 4) is 11.5 Å². The van der Waals surface area contributed by atoms with Crippen molar-refractivity contribution in [1.29, 1.82) is 0 Å². The predicted octanol–water partition coefficient (Wildman–Crippen LogP) is 6.95. The summed E-state index contributed by atoms with van der Waals surface area (Å²) in [4.78, 5) is 37.5. The van der Waals surface area contributed by atoms with E-state index in [-0.39, 0.29) is 11.7 Å². The van der Waals surface area contributed by atoms with Gasteiger partial charge in [0, 0.05) is 42.3 Å². The molecular weight excluding hydrogens is 510 g/mol. The molecule has 0 aliphatic carbocycles. The monoisotopic (exact) mass is 539 g/mol. The second kappa shape index (κ2) is 13.4. The van der Waals surface area contributed by atoms with Gasteiger partial charge in [0.25, 0.3) is 5.69 Å². The van der Waals surface area contributed by atoms with Crippen molar-refractivity contribution < 1.29 is 19.2 Å². The molecule has 0 aromatic heterocycles. The highest BCUT2D eigenvalue weighted by Gasteiger charge is 2.17. The zero-order valence-corrected chi connectivity index (χ0v) is 21.9. The Labute approximate surface area is 231 Å². The minimum atomic E-state index is -0.501. The van der Waals surface area contributed by atoms with Gasteiger partial charge in [0.05, 0.1) is 4.92 Å². The van der Waals surface area contributed by atoms with Gasteiger partial charge >= 0.3 is 12.1 Å². The van der Waals surface area contributed by atoms with Crippen LogP contribution in [-0.2, 0) is 0 Å². The van der Waals surface area contributed by atoms with Gasteiger partial charge in [0.2, 0.25) is 0 Å². The lowest BCUT2D eigenvalue weighted by Gasteiger charge is -2.24. The lowest BCUT2D eigenvalue weighted by Crippen LogP contribution is -2.38. The third-order valence-corrected chi connectivity index (χ3v) is 5.82. The van der Waals surface area contributed by atoms with Gasteiger partial charge in [-0.2, -0.15) is 0 Å². The number of ether oxygens (including phenoxy) is 1. The van der Waals surface area contributed by atoms with Crippen molar-refractivity contribution in [2.24, 2.45) is 0 Å². The second-order valence-corrected chi connectivity index (χ2v) is 8.90. The Morgan fingerprint density at radius 2 is 1.52 bits per heavy atom. The first-order valence-electron chi connectivity index (χ1n) is 12.6. The number of benzene rings is 4. The molecule has 10 heteroatoms. The smallest absolute Gasteiger partial charge is 0.326 e. The van der Waals surface area contributed by atoms with Crippen molar-refractivity contribution in [2.75, 3.05) is 28.6 Å². The molecule has 40 heavy (non-hydrogen) atoms. The summed E-state index contributed by atoms with van der Waals surface area (Å²) in [6, 6.07) is 28.7. The van der Waals surface area contributed by atoms with Gasteiger partial charge < -0.3 is 20.7 Å². The number of aryl methyl sites for hydroxylation is 1. The molecule has 4 aromatic rings. The van der Waals surface area contributed by atoms with E-state index in [0.717, 1.165) is 5.56 Å². The van der Waals surface area contributed by atoms with Crippen LogP contribution in [0.15, 0.2) is 103 Å². The summed E-state index contributed by atoms with van der Waals surface area (Å²) in [6.45, 7) is 2.57. The SMILES string of the molecule is Cc1cccc(NC(=O)NCCCN(C(=O)Nc2ccc([N+](=O)[O-])cc2)c2ccc(Oc3ccccc3)cc2)c1. The van der Waals surface area contributed by atoms with Crippen molar-refractivity contribution in [3.05, 3.63) is 119 Å². The van der Waals surface area contributed by atoms with Crippen LogP contribution < -0.4 is 25.6 Å². The Morgan fingerprint density at radius 1 is 0.825 bits per heavy atom. The predicted molar refractivity (Wildman–Crippen MR) is 155 cm³/mol. The highest BCUT2D eigenvalue weighted by Crippen LogP contribution is 2.25. The molecular formula is C30H29N5O5. The van der Waals surface area contributed by atoms with E-state index in [4.69, 9.17) is 4.74 Å². The number of hydrogen-bond acceptors (Lipinski definition) is 5. The van der Waals surface area contributed by atoms with Crippen LogP contribution in [-0.4, -0.2) is 30.1 Å². The molecule has 4 rings (SSSR count). The molecule has 0 heterocycles. The standard InChI is InChI=1S/C30H29N5O5/c1-22-7-5-8-24(21-22)32-29(36)31-19-6-20-34(30(37)33-23-11-13-26(14-12-23)35(38)39)25-15-17-28(18-16-25)40-27-9-3-2-4-10-27/h2-5,7-18,21H,6,19-20H2,1H3,(H,33,37)(H2,31,32,36). The van der Waals surface area contributed by atoms with Gasteiger partial charge in [-0.3, -0.25) is 15.0 Å². The van der Waals surface area contributed by atoms with Gasteiger partial charge in [-0.15, -0.1) is 0 Å². The fourth-order valence-corrected chi connectivity index (χ4v) is 3.86. The Balaban J connectivity index is 1.40. The van der Waals surface area contributed by atoms with E-state index in [1.807, 2.05) is 61.5 Å². The maximum absolute atomic E-state index is 13.3. The first-order chi connectivity index (χ1) is 19.4. The van der Waals surface area contributed by atoms with Crippen LogP contribution in [0, 0.1) is 17.0 Å². The number of nitrogens with one attached hydrogen (secondary N) is 3. The van der Waals surface area contributed by atoms with E-state index in [2.05, 4.69) is 16.0 Å². The van der Waals surface area contributed by atoms with E-state index in [1.54, 1.807) is 24.3 Å². The summed E-state index contributed by atoms with van der Waals surface area (Å²) < 4.78 is 5.85. The fraction of sp³-hybridized carbons (Fsp3) is 0.133. The molecule has 0 radical (unpaired) electrons. The van der Waals surface area contributed by atoms with Crippen LogP contribution in [0.5, 0.6) is 11.5 Å². The van der Waals surface area contributed by atoms with Gasteiger partial charge in [-0.05, 0) is 79.6 Å². The average molecular weight is 540 g/mol. The molecule has 0 aliphatic rings. The molecule has 0 saturated carbocycles. The van der Waals surface area contributed by atoms with Gasteiger partial charge in [-0.1, -0.05) is 30.3 Å². The Morgan fingerprint density at radius 3 is 2.20 bits per heavy atom. The lowest BCUT2D eigenvalue weighted by atomic mass is 10.2. The molecule has 0 aliphatic heterocycles. The Kier molecular flexibility index (Phi) is 9.28. The van der Waals surface area contributed by atoms with Crippen molar-refractivity contribution >= 4 is 34.8 Å². The van der Waals surface area contributed by atoms with Crippen LogP contribution >= 0.6 is 0 Å². The fourth-order valence-electron chi connectivity index (χ4n) is 3.86. The number of non-ortho nitro benzene ring substituents is 1. The number of para-hydroxylation sites is 1. The highest BCUT2D eigenvalue weighted by atomic mass is 16.6. The summed E-state index contributed by atoms with van der Waals surface area (Å²) in [5.41, 5.74) is 2.69. The molecule has 0 bridgehead atoms. The number of anilines is 3. The first-order valence-corrected chi connectivity index (χ1v) is 12.6. The van der Waals surface area contributed by atoms with E-state index >= 15 is 0 Å². The molecule has 0 saturated heterocycles. The second-order valence-electron chi connectivity index (χ2n) is 8.90. The number of urea groups is 2. The molecule has 4 aromatic carbocycles. The zero-order valence-electron chi connectivity index (χ0n) is 21.9. The van der Waals surface area contributed by atoms with Gasteiger partial charge in [0.15, 0.2) is 0 Å². The molecule has 0 fully saturated rings. The summed E-state index contributed by atoms with van der Waals surface area (Å²) in [6.07, 6.45) is 0.469. The van der Waals surface area contributed by atoms with Crippen molar-refractivity contribution in [1.82, 2.24) is 5.32 Å². The van der Waals surface area contributed by atoms with E-state index in [1.165, 1.54) is 29.2 Å². The minimum absolute atomic E-state index is 0.0705. The third kappa shape index (κ3) is 8.06. The number of hydrogen-bond donors (Lipinski definition) is 3. The number of nitro groups is 1. The number of amides is 4. The molecule has 10 nitrogen and oxygen atoms in total. The highest BCUT2D eigenvalue weighted by molar-refractivity contribution is 6.01. The average Bonchev–Trinajstić information content (AvgIpc) is 2.94. The summed E-state index contributed by atoms with van der Waals surface area (Å²) in [7, 11) is 0. The van der Waals surface area contributed by atoms with Crippen LogP contribution in [0.1, 0.15) is 12.0 Å². The Bertz CT molecular complexity index is 1440. The first kappa shape index (κ1) is 27.6. The van der Waals surface area contributed by atoms with E-state index in [0.29, 0.717) is 48.1 Å². The molecule has 0 atom stereocenters. The maximum Gasteiger partial charge on any atom is 0.326 e. The molecule has 0 unspecified atom stereocenters. The van der Waals surface area contributed by atoms with Crippen LogP contribution in [0.25, 0.3) is 0 Å². The molecule has 3 N–H and O–H groups in total. The number of carbonyl (C=O) groups is 2. The lowest BCUT2D eigenvalue weighted by molar-refractivity contribution is -0.384.